The summed E-state index contributed by atoms with van der Waals surface area (Å²) in [5.74, 6) is 0.575. The van der Waals surface area contributed by atoms with Gasteiger partial charge in [0, 0.05) is 24.3 Å². The lowest BCUT2D eigenvalue weighted by Gasteiger charge is -2.25. The van der Waals surface area contributed by atoms with E-state index in [0.29, 0.717) is 36.0 Å². The van der Waals surface area contributed by atoms with Crippen molar-refractivity contribution in [1.82, 2.24) is 9.62 Å². The standard InChI is InChI=1S/C22H27N3O6S2/c1-29-18-13-15(14-19(30-2)20(18)31-3)21(26)24-22(32)23-16-7-9-17(10-8-16)33(27,28)25-11-5-4-6-12-25/h7-10,13-14H,4-6,11-12H2,1-3H3,(H2,23,24,26,32). The molecule has 0 aromatic heterocycles. The molecule has 178 valence electrons. The molecule has 0 unspecified atom stereocenters. The molecule has 2 N–H and O–H groups in total. The fraction of sp³-hybridized carbons (Fsp3) is 0.364. The van der Waals surface area contributed by atoms with E-state index in [1.54, 1.807) is 12.1 Å². The monoisotopic (exact) mass is 493 g/mol. The van der Waals surface area contributed by atoms with Gasteiger partial charge in [-0.3, -0.25) is 10.1 Å². The van der Waals surface area contributed by atoms with E-state index >= 15 is 0 Å². The summed E-state index contributed by atoms with van der Waals surface area (Å²) in [6.07, 6.45) is 2.80. The summed E-state index contributed by atoms with van der Waals surface area (Å²) >= 11 is 5.24. The molecule has 1 amide bonds. The number of rotatable bonds is 7. The topological polar surface area (TPSA) is 106 Å². The van der Waals surface area contributed by atoms with Crippen LogP contribution in [0.15, 0.2) is 41.3 Å². The lowest BCUT2D eigenvalue weighted by molar-refractivity contribution is 0.0977. The minimum Gasteiger partial charge on any atom is -0.493 e. The molecule has 0 saturated carbocycles. The van der Waals surface area contributed by atoms with Crippen LogP contribution in [0.25, 0.3) is 0 Å². The molecule has 0 bridgehead atoms. The van der Waals surface area contributed by atoms with Crippen LogP contribution in [-0.2, 0) is 10.0 Å². The van der Waals surface area contributed by atoms with Gasteiger partial charge in [-0.15, -0.1) is 0 Å². The molecular formula is C22H27N3O6S2. The van der Waals surface area contributed by atoms with E-state index in [-0.39, 0.29) is 15.6 Å². The zero-order valence-electron chi connectivity index (χ0n) is 18.7. The van der Waals surface area contributed by atoms with Crippen LogP contribution in [0.5, 0.6) is 17.2 Å². The van der Waals surface area contributed by atoms with E-state index in [4.69, 9.17) is 26.4 Å². The second-order valence-corrected chi connectivity index (χ2v) is 9.66. The Balaban J connectivity index is 1.67. The number of anilines is 1. The zero-order chi connectivity index (χ0) is 24.0. The first-order valence-electron chi connectivity index (χ1n) is 10.3. The molecule has 0 aliphatic carbocycles. The molecule has 2 aromatic rings. The number of hydrogen-bond acceptors (Lipinski definition) is 7. The van der Waals surface area contributed by atoms with Gasteiger partial charge in [0.2, 0.25) is 15.8 Å². The molecule has 0 atom stereocenters. The molecule has 0 radical (unpaired) electrons. The number of piperidine rings is 1. The number of ether oxygens (including phenoxy) is 3. The summed E-state index contributed by atoms with van der Waals surface area (Å²) in [6.45, 7) is 1.08. The molecule has 2 aromatic carbocycles. The maximum atomic E-state index is 12.8. The number of sulfonamides is 1. The van der Waals surface area contributed by atoms with E-state index in [0.717, 1.165) is 19.3 Å². The van der Waals surface area contributed by atoms with Crippen molar-refractivity contribution in [2.45, 2.75) is 24.2 Å². The summed E-state index contributed by atoms with van der Waals surface area (Å²) in [6, 6.07) is 9.29. The van der Waals surface area contributed by atoms with Crippen molar-refractivity contribution < 1.29 is 27.4 Å². The molecule has 1 aliphatic heterocycles. The first-order chi connectivity index (χ1) is 15.8. The Morgan fingerprint density at radius 2 is 1.52 bits per heavy atom. The average Bonchev–Trinajstić information content (AvgIpc) is 2.83. The Morgan fingerprint density at radius 3 is 2.03 bits per heavy atom. The summed E-state index contributed by atoms with van der Waals surface area (Å²) in [5.41, 5.74) is 0.805. The third-order valence-electron chi connectivity index (χ3n) is 5.22. The number of amides is 1. The van der Waals surface area contributed by atoms with Crippen LogP contribution in [0.4, 0.5) is 5.69 Å². The minimum atomic E-state index is -3.51. The highest BCUT2D eigenvalue weighted by Crippen LogP contribution is 2.38. The molecular weight excluding hydrogens is 466 g/mol. The number of carbonyl (C=O) groups is 1. The Kier molecular flexibility index (Phi) is 8.11. The highest BCUT2D eigenvalue weighted by atomic mass is 32.2. The van der Waals surface area contributed by atoms with Crippen molar-refractivity contribution in [3.05, 3.63) is 42.0 Å². The summed E-state index contributed by atoms with van der Waals surface area (Å²) in [7, 11) is 0.879. The molecule has 1 saturated heterocycles. The smallest absolute Gasteiger partial charge is 0.257 e. The number of benzene rings is 2. The molecule has 3 rings (SSSR count). The van der Waals surface area contributed by atoms with Crippen molar-refractivity contribution in [2.75, 3.05) is 39.7 Å². The Hall–Kier alpha value is -2.89. The molecule has 0 spiro atoms. The molecule has 9 nitrogen and oxygen atoms in total. The highest BCUT2D eigenvalue weighted by molar-refractivity contribution is 7.89. The number of thiocarbonyl (C=S) groups is 1. The van der Waals surface area contributed by atoms with Crippen LogP contribution in [0, 0.1) is 0 Å². The van der Waals surface area contributed by atoms with Gasteiger partial charge in [0.1, 0.15) is 0 Å². The quantitative estimate of drug-likeness (QED) is 0.567. The maximum absolute atomic E-state index is 12.8. The second kappa shape index (κ2) is 10.8. The summed E-state index contributed by atoms with van der Waals surface area (Å²) < 4.78 is 42.8. The second-order valence-electron chi connectivity index (χ2n) is 7.31. The first kappa shape index (κ1) is 24.7. The molecule has 1 aliphatic rings. The number of nitrogens with zero attached hydrogens (tertiary/aromatic N) is 1. The SMILES string of the molecule is COc1cc(C(=O)NC(=S)Nc2ccc(S(=O)(=O)N3CCCCC3)cc2)cc(OC)c1OC. The third-order valence-corrected chi connectivity index (χ3v) is 7.34. The normalized spacial score (nSPS) is 14.3. The number of hydrogen-bond donors (Lipinski definition) is 2. The van der Waals surface area contributed by atoms with Gasteiger partial charge in [-0.05, 0) is 61.5 Å². The van der Waals surface area contributed by atoms with Crippen molar-refractivity contribution in [3.8, 4) is 17.2 Å². The fourth-order valence-corrected chi connectivity index (χ4v) is 5.24. The van der Waals surface area contributed by atoms with Gasteiger partial charge in [0.05, 0.1) is 26.2 Å². The summed E-state index contributed by atoms with van der Waals surface area (Å²) in [4.78, 5) is 12.9. The van der Waals surface area contributed by atoms with Crippen molar-refractivity contribution in [1.29, 1.82) is 0 Å². The van der Waals surface area contributed by atoms with Gasteiger partial charge >= 0.3 is 0 Å². The largest absolute Gasteiger partial charge is 0.493 e. The minimum absolute atomic E-state index is 0.0559. The van der Waals surface area contributed by atoms with Gasteiger partial charge < -0.3 is 19.5 Å². The molecule has 11 heteroatoms. The van der Waals surface area contributed by atoms with Crippen LogP contribution in [-0.4, -0.2) is 58.2 Å². The molecule has 1 heterocycles. The highest BCUT2D eigenvalue weighted by Gasteiger charge is 2.25. The average molecular weight is 494 g/mol. The van der Waals surface area contributed by atoms with Crippen LogP contribution in [0.1, 0.15) is 29.6 Å². The van der Waals surface area contributed by atoms with Crippen molar-refractivity contribution in [3.63, 3.8) is 0 Å². The number of nitrogens with one attached hydrogen (secondary N) is 2. The van der Waals surface area contributed by atoms with Gasteiger partial charge in [-0.1, -0.05) is 6.42 Å². The lowest BCUT2D eigenvalue weighted by atomic mass is 10.1. The predicted molar refractivity (Wildman–Crippen MR) is 129 cm³/mol. The fourth-order valence-electron chi connectivity index (χ4n) is 3.51. The Bertz CT molecular complexity index is 1090. The third kappa shape index (κ3) is 5.73. The zero-order valence-corrected chi connectivity index (χ0v) is 20.3. The predicted octanol–water partition coefficient (Wildman–Crippen LogP) is 3.01. The van der Waals surface area contributed by atoms with Gasteiger partial charge in [0.25, 0.3) is 5.91 Å². The van der Waals surface area contributed by atoms with Crippen LogP contribution < -0.4 is 24.8 Å². The summed E-state index contributed by atoms with van der Waals surface area (Å²) in [5, 5.41) is 5.52. The van der Waals surface area contributed by atoms with Crippen LogP contribution in [0.3, 0.4) is 0 Å². The maximum Gasteiger partial charge on any atom is 0.257 e. The Morgan fingerprint density at radius 1 is 0.939 bits per heavy atom. The van der Waals surface area contributed by atoms with E-state index in [9.17, 15) is 13.2 Å². The Labute approximate surface area is 199 Å². The van der Waals surface area contributed by atoms with Gasteiger partial charge in [-0.25, -0.2) is 8.42 Å². The molecule has 33 heavy (non-hydrogen) atoms. The van der Waals surface area contributed by atoms with Gasteiger partial charge in [-0.2, -0.15) is 4.31 Å². The lowest BCUT2D eigenvalue weighted by Crippen LogP contribution is -2.35. The van der Waals surface area contributed by atoms with Crippen molar-refractivity contribution >= 4 is 38.9 Å². The van der Waals surface area contributed by atoms with Gasteiger partial charge in [0.15, 0.2) is 16.6 Å². The van der Waals surface area contributed by atoms with Crippen molar-refractivity contribution in [2.24, 2.45) is 0 Å². The number of carbonyl (C=O) groups excluding carboxylic acids is 1. The van der Waals surface area contributed by atoms with Crippen LogP contribution in [0.2, 0.25) is 0 Å². The van der Waals surface area contributed by atoms with E-state index < -0.39 is 15.9 Å². The number of methoxy groups -OCH3 is 3. The first-order valence-corrected chi connectivity index (χ1v) is 12.2. The van der Waals surface area contributed by atoms with E-state index in [1.807, 2.05) is 0 Å². The van der Waals surface area contributed by atoms with Crippen LogP contribution >= 0.6 is 12.2 Å². The van der Waals surface area contributed by atoms with E-state index in [2.05, 4.69) is 10.6 Å². The van der Waals surface area contributed by atoms with E-state index in [1.165, 1.54) is 49.9 Å². The molecule has 1 fully saturated rings.